The van der Waals surface area contributed by atoms with Crippen molar-refractivity contribution in [3.63, 3.8) is 0 Å². The molecule has 0 heterocycles. The molecule has 0 aliphatic heterocycles. The summed E-state index contributed by atoms with van der Waals surface area (Å²) in [5.41, 5.74) is 0. The molecular weight excluding hydrogens is 176 g/mol. The van der Waals surface area contributed by atoms with Crippen molar-refractivity contribution >= 4 is 18.6 Å². The van der Waals surface area contributed by atoms with Gasteiger partial charge in [0, 0.05) is 6.61 Å². The average Bonchev–Trinajstić information content (AvgIpc) is 2.00. The molecule has 0 aliphatic carbocycles. The van der Waals surface area contributed by atoms with E-state index < -0.39 is 0 Å². The molecule has 0 bridgehead atoms. The molecule has 0 saturated heterocycles. The number of rotatable bonds is 5. The maximum Gasteiger partial charge on any atom is 0.318 e. The maximum atomic E-state index is 11.0. The second kappa shape index (κ2) is 6.31. The summed E-state index contributed by atoms with van der Waals surface area (Å²) in [6, 6.07) is 0. The molecular formula is C8H16O3S. The Kier molecular flexibility index (Phi) is 6.20. The topological polar surface area (TPSA) is 35.5 Å². The zero-order chi connectivity index (χ0) is 9.56. The van der Waals surface area contributed by atoms with E-state index in [4.69, 9.17) is 9.47 Å². The number of carbonyl (C=O) groups excluding carboxylic acids is 1. The van der Waals surface area contributed by atoms with E-state index >= 15 is 0 Å². The van der Waals surface area contributed by atoms with Gasteiger partial charge in [-0.1, -0.05) is 0 Å². The first-order valence-electron chi connectivity index (χ1n) is 4.04. The molecule has 2 unspecified atom stereocenters. The Bertz CT molecular complexity index is 136. The van der Waals surface area contributed by atoms with Gasteiger partial charge in [0.25, 0.3) is 0 Å². The molecule has 0 aromatic carbocycles. The first-order chi connectivity index (χ1) is 5.57. The van der Waals surface area contributed by atoms with E-state index in [0.717, 1.165) is 0 Å². The molecule has 0 amide bonds. The second-order valence-electron chi connectivity index (χ2n) is 2.58. The summed E-state index contributed by atoms with van der Waals surface area (Å²) >= 11 is 3.94. The number of hydrogen-bond acceptors (Lipinski definition) is 4. The molecule has 0 aromatic rings. The Balaban J connectivity index is 3.54. The fraction of sp³-hybridized carbons (Fsp3) is 0.875. The van der Waals surface area contributed by atoms with Crippen LogP contribution in [0.15, 0.2) is 0 Å². The van der Waals surface area contributed by atoms with Gasteiger partial charge in [-0.3, -0.25) is 4.79 Å². The lowest BCUT2D eigenvalue weighted by Gasteiger charge is -2.13. The van der Waals surface area contributed by atoms with Crippen molar-refractivity contribution in [2.24, 2.45) is 0 Å². The first-order valence-corrected chi connectivity index (χ1v) is 4.55. The van der Waals surface area contributed by atoms with E-state index in [1.165, 1.54) is 0 Å². The molecule has 0 aliphatic rings. The lowest BCUT2D eigenvalue weighted by molar-refractivity contribution is -0.149. The van der Waals surface area contributed by atoms with Crippen LogP contribution in [0.4, 0.5) is 0 Å². The summed E-state index contributed by atoms with van der Waals surface area (Å²) in [5.74, 6) is -0.300. The van der Waals surface area contributed by atoms with Gasteiger partial charge in [-0.2, -0.15) is 12.6 Å². The zero-order valence-electron chi connectivity index (χ0n) is 7.74. The number of carbonyl (C=O) groups is 1. The summed E-state index contributed by atoms with van der Waals surface area (Å²) < 4.78 is 10.0. The lowest BCUT2D eigenvalue weighted by atomic mass is 10.4. The molecule has 0 rings (SSSR count). The van der Waals surface area contributed by atoms with E-state index in [1.54, 1.807) is 13.8 Å². The number of esters is 1. The maximum absolute atomic E-state index is 11.0. The number of hydrogen-bond donors (Lipinski definition) is 1. The summed E-state index contributed by atoms with van der Waals surface area (Å²) in [5, 5.41) is -0.367. The van der Waals surface area contributed by atoms with E-state index in [0.29, 0.717) is 13.2 Å². The van der Waals surface area contributed by atoms with Crippen molar-refractivity contribution in [1.82, 2.24) is 0 Å². The lowest BCUT2D eigenvalue weighted by Crippen LogP contribution is -2.24. The first kappa shape index (κ1) is 11.8. The predicted molar refractivity (Wildman–Crippen MR) is 50.5 cm³/mol. The van der Waals surface area contributed by atoms with Gasteiger partial charge < -0.3 is 9.47 Å². The Hall–Kier alpha value is -0.220. The van der Waals surface area contributed by atoms with Crippen LogP contribution < -0.4 is 0 Å². The fourth-order valence-corrected chi connectivity index (χ4v) is 0.675. The third kappa shape index (κ3) is 5.43. The van der Waals surface area contributed by atoms with Crippen LogP contribution in [0, 0.1) is 0 Å². The van der Waals surface area contributed by atoms with Crippen LogP contribution in [0.25, 0.3) is 0 Å². The minimum atomic E-state index is -0.367. The number of ether oxygens (including phenoxy) is 2. The van der Waals surface area contributed by atoms with E-state index in [2.05, 4.69) is 12.6 Å². The van der Waals surface area contributed by atoms with Gasteiger partial charge in [-0.15, -0.1) is 0 Å². The van der Waals surface area contributed by atoms with Crippen molar-refractivity contribution < 1.29 is 14.3 Å². The molecule has 0 spiro atoms. The van der Waals surface area contributed by atoms with Gasteiger partial charge in [-0.25, -0.2) is 0 Å². The minimum absolute atomic E-state index is 0.188. The molecule has 0 fully saturated rings. The molecule has 12 heavy (non-hydrogen) atoms. The minimum Gasteiger partial charge on any atom is -0.459 e. The van der Waals surface area contributed by atoms with Crippen LogP contribution in [0.2, 0.25) is 0 Å². The molecule has 2 atom stereocenters. The van der Waals surface area contributed by atoms with Crippen LogP contribution >= 0.6 is 12.6 Å². The van der Waals surface area contributed by atoms with Crippen molar-refractivity contribution in [3.8, 4) is 0 Å². The van der Waals surface area contributed by atoms with Crippen molar-refractivity contribution in [1.29, 1.82) is 0 Å². The quantitative estimate of drug-likeness (QED) is 0.526. The molecule has 3 nitrogen and oxygen atoms in total. The summed E-state index contributed by atoms with van der Waals surface area (Å²) in [7, 11) is 0. The molecule has 0 aromatic heterocycles. The Morgan fingerprint density at radius 2 is 2.08 bits per heavy atom. The summed E-state index contributed by atoms with van der Waals surface area (Å²) in [4.78, 5) is 11.0. The highest BCUT2D eigenvalue weighted by Crippen LogP contribution is 2.00. The molecule has 0 saturated carbocycles. The number of thiol groups is 1. The fourth-order valence-electron chi connectivity index (χ4n) is 0.615. The van der Waals surface area contributed by atoms with Gasteiger partial charge in [-0.05, 0) is 20.8 Å². The monoisotopic (exact) mass is 192 g/mol. The highest BCUT2D eigenvalue weighted by molar-refractivity contribution is 7.81. The van der Waals surface area contributed by atoms with Crippen molar-refractivity contribution in [2.45, 2.75) is 32.1 Å². The highest BCUT2D eigenvalue weighted by atomic mass is 32.1. The van der Waals surface area contributed by atoms with E-state index in [9.17, 15) is 4.79 Å². The van der Waals surface area contributed by atoms with Gasteiger partial charge in [0.2, 0.25) is 0 Å². The largest absolute Gasteiger partial charge is 0.459 e. The van der Waals surface area contributed by atoms with Gasteiger partial charge in [0.05, 0.1) is 11.9 Å². The van der Waals surface area contributed by atoms with Crippen molar-refractivity contribution in [2.75, 3.05) is 13.2 Å². The van der Waals surface area contributed by atoms with Gasteiger partial charge in [0.1, 0.15) is 6.10 Å². The SMILES string of the molecule is CCOCC(C)OC(=O)C(C)S. The predicted octanol–water partition coefficient (Wildman–Crippen LogP) is 1.27. The van der Waals surface area contributed by atoms with Gasteiger partial charge >= 0.3 is 5.97 Å². The summed E-state index contributed by atoms with van der Waals surface area (Å²) in [6.07, 6.45) is -0.188. The van der Waals surface area contributed by atoms with E-state index in [1.807, 2.05) is 6.92 Å². The Labute approximate surface area is 78.8 Å². The smallest absolute Gasteiger partial charge is 0.318 e. The third-order valence-corrected chi connectivity index (χ3v) is 1.43. The average molecular weight is 192 g/mol. The van der Waals surface area contributed by atoms with Crippen molar-refractivity contribution in [3.05, 3.63) is 0 Å². The van der Waals surface area contributed by atoms with Crippen LogP contribution in [-0.2, 0) is 14.3 Å². The Morgan fingerprint density at radius 3 is 2.50 bits per heavy atom. The van der Waals surface area contributed by atoms with Crippen LogP contribution in [0.1, 0.15) is 20.8 Å². The zero-order valence-corrected chi connectivity index (χ0v) is 8.64. The molecule has 4 heteroatoms. The normalized spacial score (nSPS) is 15.3. The van der Waals surface area contributed by atoms with Crippen LogP contribution in [0.5, 0.6) is 0 Å². The highest BCUT2D eigenvalue weighted by Gasteiger charge is 2.13. The Morgan fingerprint density at radius 1 is 1.50 bits per heavy atom. The molecule has 0 radical (unpaired) electrons. The van der Waals surface area contributed by atoms with Crippen LogP contribution in [0.3, 0.4) is 0 Å². The summed E-state index contributed by atoms with van der Waals surface area (Å²) in [6.45, 7) is 6.46. The second-order valence-corrected chi connectivity index (χ2v) is 3.36. The van der Waals surface area contributed by atoms with Crippen LogP contribution in [-0.4, -0.2) is 30.5 Å². The van der Waals surface area contributed by atoms with E-state index in [-0.39, 0.29) is 17.3 Å². The third-order valence-electron chi connectivity index (χ3n) is 1.22. The van der Waals surface area contributed by atoms with Gasteiger partial charge in [0.15, 0.2) is 0 Å². The molecule has 72 valence electrons. The standard InChI is InChI=1S/C8H16O3S/c1-4-10-5-6(2)11-8(9)7(3)12/h6-7,12H,4-5H2,1-3H3. The molecule has 0 N–H and O–H groups in total.